The first-order valence-corrected chi connectivity index (χ1v) is 8.49. The first kappa shape index (κ1) is 17.8. The Morgan fingerprint density at radius 3 is 2.77 bits per heavy atom. The quantitative estimate of drug-likeness (QED) is 0.531. The lowest BCUT2D eigenvalue weighted by Gasteiger charge is -2.09. The summed E-state index contributed by atoms with van der Waals surface area (Å²) in [6, 6.07) is 9.74. The zero-order valence-electron chi connectivity index (χ0n) is 13.1. The van der Waals surface area contributed by atoms with Gasteiger partial charge in [0.2, 0.25) is 0 Å². The van der Waals surface area contributed by atoms with Gasteiger partial charge in [0.25, 0.3) is 11.5 Å². The number of carbonyl (C=O) groups is 1. The lowest BCUT2D eigenvalue weighted by Crippen LogP contribution is -2.22. The molecular formula is C16H11ClN4O4S. The molecule has 8 nitrogen and oxygen atoms in total. The van der Waals surface area contributed by atoms with Crippen molar-refractivity contribution in [1.29, 1.82) is 0 Å². The predicted octanol–water partition coefficient (Wildman–Crippen LogP) is 3.17. The van der Waals surface area contributed by atoms with E-state index in [1.54, 1.807) is 24.3 Å². The third kappa shape index (κ3) is 3.95. The van der Waals surface area contributed by atoms with E-state index in [2.05, 4.69) is 10.3 Å². The number of pyridine rings is 1. The van der Waals surface area contributed by atoms with Crippen LogP contribution in [0, 0.1) is 10.1 Å². The van der Waals surface area contributed by atoms with Crippen molar-refractivity contribution in [2.45, 2.75) is 6.54 Å². The molecule has 26 heavy (non-hydrogen) atoms. The number of thiazole rings is 1. The Morgan fingerprint density at radius 1 is 1.31 bits per heavy atom. The van der Waals surface area contributed by atoms with Gasteiger partial charge in [0.05, 0.1) is 17.0 Å². The molecule has 0 radical (unpaired) electrons. The maximum absolute atomic E-state index is 12.3. The normalized spacial score (nSPS) is 10.5. The molecule has 0 saturated heterocycles. The molecule has 0 spiro atoms. The summed E-state index contributed by atoms with van der Waals surface area (Å²) in [5, 5.41) is 13.6. The van der Waals surface area contributed by atoms with Crippen molar-refractivity contribution in [3.63, 3.8) is 0 Å². The number of nitrogens with one attached hydrogen (secondary N) is 1. The summed E-state index contributed by atoms with van der Waals surface area (Å²) in [7, 11) is 0. The molecule has 0 fully saturated rings. The van der Waals surface area contributed by atoms with Gasteiger partial charge >= 0.3 is 5.00 Å². The molecule has 0 saturated carbocycles. The SMILES string of the molecule is O=C(Nc1ncc([N+](=O)[O-])s1)c1ccc(=O)n(Cc2ccccc2Cl)c1. The van der Waals surface area contributed by atoms with E-state index in [-0.39, 0.29) is 27.8 Å². The average molecular weight is 391 g/mol. The molecule has 0 aliphatic heterocycles. The second kappa shape index (κ2) is 7.46. The van der Waals surface area contributed by atoms with Crippen LogP contribution in [0.5, 0.6) is 0 Å². The minimum absolute atomic E-state index is 0.102. The lowest BCUT2D eigenvalue weighted by atomic mass is 10.2. The fourth-order valence-electron chi connectivity index (χ4n) is 2.18. The van der Waals surface area contributed by atoms with Crippen LogP contribution in [0.25, 0.3) is 0 Å². The Labute approximate surface area is 155 Å². The Hall–Kier alpha value is -3.04. The van der Waals surface area contributed by atoms with Gasteiger partial charge in [0, 0.05) is 17.3 Å². The monoisotopic (exact) mass is 390 g/mol. The van der Waals surface area contributed by atoms with E-state index in [0.29, 0.717) is 5.02 Å². The van der Waals surface area contributed by atoms with E-state index in [0.717, 1.165) is 23.1 Å². The summed E-state index contributed by atoms with van der Waals surface area (Å²) in [6.45, 7) is 0.211. The number of nitrogens with zero attached hydrogens (tertiary/aromatic N) is 3. The van der Waals surface area contributed by atoms with Gasteiger partial charge in [-0.05, 0) is 29.0 Å². The highest BCUT2D eigenvalue weighted by molar-refractivity contribution is 7.18. The van der Waals surface area contributed by atoms with E-state index >= 15 is 0 Å². The molecule has 1 N–H and O–H groups in total. The Morgan fingerprint density at radius 2 is 2.08 bits per heavy atom. The molecule has 10 heteroatoms. The van der Waals surface area contributed by atoms with Gasteiger partial charge in [0.1, 0.15) is 6.20 Å². The molecule has 0 atom stereocenters. The highest BCUT2D eigenvalue weighted by Gasteiger charge is 2.15. The Balaban J connectivity index is 1.82. The van der Waals surface area contributed by atoms with Gasteiger partial charge in [-0.1, -0.05) is 29.8 Å². The molecule has 3 rings (SSSR count). The van der Waals surface area contributed by atoms with Gasteiger partial charge < -0.3 is 4.57 Å². The second-order valence-corrected chi connectivity index (χ2v) is 6.61. The number of anilines is 1. The summed E-state index contributed by atoms with van der Waals surface area (Å²) in [5.74, 6) is -0.526. The number of hydrogen-bond donors (Lipinski definition) is 1. The summed E-state index contributed by atoms with van der Waals surface area (Å²) in [6.07, 6.45) is 2.47. The van der Waals surface area contributed by atoms with Crippen LogP contribution in [0.2, 0.25) is 5.02 Å². The van der Waals surface area contributed by atoms with E-state index in [4.69, 9.17) is 11.6 Å². The number of aromatic nitrogens is 2. The van der Waals surface area contributed by atoms with Crippen molar-refractivity contribution in [1.82, 2.24) is 9.55 Å². The molecule has 3 aromatic rings. The van der Waals surface area contributed by atoms with Crippen LogP contribution in [0.3, 0.4) is 0 Å². The molecule has 1 amide bonds. The van der Waals surface area contributed by atoms with Crippen molar-refractivity contribution in [2.75, 3.05) is 5.32 Å². The van der Waals surface area contributed by atoms with Gasteiger partial charge in [-0.2, -0.15) is 0 Å². The number of nitro groups is 1. The lowest BCUT2D eigenvalue weighted by molar-refractivity contribution is -0.380. The predicted molar refractivity (Wildman–Crippen MR) is 98.0 cm³/mol. The van der Waals surface area contributed by atoms with Crippen LogP contribution in [0.1, 0.15) is 15.9 Å². The smallest absolute Gasteiger partial charge is 0.310 e. The van der Waals surface area contributed by atoms with E-state index < -0.39 is 10.8 Å². The van der Waals surface area contributed by atoms with Crippen molar-refractivity contribution < 1.29 is 9.72 Å². The van der Waals surface area contributed by atoms with Crippen LogP contribution in [0.4, 0.5) is 10.1 Å². The maximum atomic E-state index is 12.3. The number of halogens is 1. The fraction of sp³-hybridized carbons (Fsp3) is 0.0625. The average Bonchev–Trinajstić information content (AvgIpc) is 3.07. The highest BCUT2D eigenvalue weighted by Crippen LogP contribution is 2.25. The van der Waals surface area contributed by atoms with Crippen molar-refractivity contribution in [3.8, 4) is 0 Å². The fourth-order valence-corrected chi connectivity index (χ4v) is 3.00. The number of hydrogen-bond acceptors (Lipinski definition) is 6. The molecule has 0 bridgehead atoms. The van der Waals surface area contributed by atoms with Crippen LogP contribution in [-0.2, 0) is 6.54 Å². The minimum atomic E-state index is -0.586. The number of benzene rings is 1. The largest absolute Gasteiger partial charge is 0.345 e. The Bertz CT molecular complexity index is 1050. The Kier molecular flexibility index (Phi) is 5.10. The molecular weight excluding hydrogens is 380 g/mol. The van der Waals surface area contributed by atoms with Crippen LogP contribution in [0.15, 0.2) is 53.6 Å². The highest BCUT2D eigenvalue weighted by atomic mass is 35.5. The van der Waals surface area contributed by atoms with Crippen molar-refractivity contribution >= 4 is 39.0 Å². The first-order chi connectivity index (χ1) is 12.4. The first-order valence-electron chi connectivity index (χ1n) is 7.29. The third-order valence-electron chi connectivity index (χ3n) is 3.44. The zero-order valence-corrected chi connectivity index (χ0v) is 14.7. The molecule has 1 aromatic carbocycles. The molecule has 2 heterocycles. The van der Waals surface area contributed by atoms with Crippen LogP contribution in [-0.4, -0.2) is 20.4 Å². The van der Waals surface area contributed by atoms with Gasteiger partial charge in [-0.15, -0.1) is 0 Å². The standard InChI is InChI=1S/C16H11ClN4O4S/c17-12-4-2-1-3-10(12)8-20-9-11(5-6-13(20)22)15(23)19-16-18-7-14(26-16)21(24)25/h1-7,9H,8H2,(H,18,19,23). The number of carbonyl (C=O) groups excluding carboxylic acids is 1. The van der Waals surface area contributed by atoms with Crippen molar-refractivity contribution in [3.05, 3.63) is 85.4 Å². The number of amides is 1. The third-order valence-corrected chi connectivity index (χ3v) is 4.67. The molecule has 2 aromatic heterocycles. The van der Waals surface area contributed by atoms with Crippen LogP contribution < -0.4 is 10.9 Å². The second-order valence-electron chi connectivity index (χ2n) is 5.19. The molecule has 0 aliphatic carbocycles. The summed E-state index contributed by atoms with van der Waals surface area (Å²) < 4.78 is 1.36. The van der Waals surface area contributed by atoms with Gasteiger partial charge in [-0.25, -0.2) is 4.98 Å². The summed E-state index contributed by atoms with van der Waals surface area (Å²) in [4.78, 5) is 38.2. The summed E-state index contributed by atoms with van der Waals surface area (Å²) in [5.41, 5.74) is 0.672. The van der Waals surface area contributed by atoms with Gasteiger partial charge in [-0.3, -0.25) is 25.0 Å². The molecule has 0 unspecified atom stereocenters. The minimum Gasteiger partial charge on any atom is -0.310 e. The van der Waals surface area contributed by atoms with E-state index in [1.807, 2.05) is 0 Å². The molecule has 132 valence electrons. The van der Waals surface area contributed by atoms with Gasteiger partial charge in [0.15, 0.2) is 5.13 Å². The maximum Gasteiger partial charge on any atom is 0.345 e. The van der Waals surface area contributed by atoms with Crippen LogP contribution >= 0.6 is 22.9 Å². The topological polar surface area (TPSA) is 107 Å². The number of rotatable bonds is 5. The van der Waals surface area contributed by atoms with E-state index in [1.165, 1.54) is 22.9 Å². The molecule has 0 aliphatic rings. The van der Waals surface area contributed by atoms with Crippen molar-refractivity contribution in [2.24, 2.45) is 0 Å². The van der Waals surface area contributed by atoms with E-state index in [9.17, 15) is 19.7 Å². The summed E-state index contributed by atoms with van der Waals surface area (Å²) >= 11 is 6.86. The zero-order chi connectivity index (χ0) is 18.7.